The second kappa shape index (κ2) is 20.0. The molecule has 15 nitrogen and oxygen atoms in total. The molecule has 0 saturated carbocycles. The number of cyclic esters (lactones) is 1. The largest absolute Gasteiger partial charge is 0.508 e. The number of aliphatic hydroxyl groups excluding tert-OH is 1. The van der Waals surface area contributed by atoms with Crippen molar-refractivity contribution >= 4 is 34.6 Å². The van der Waals surface area contributed by atoms with E-state index in [2.05, 4.69) is 58.1 Å². The molecule has 2 aromatic carbocycles. The molecule has 5 atom stereocenters. The number of aromatic hydroxyl groups is 1. The van der Waals surface area contributed by atoms with Gasteiger partial charge in [-0.05, 0) is 110 Å². The minimum Gasteiger partial charge on any atom is -0.508 e. The van der Waals surface area contributed by atoms with Gasteiger partial charge in [0, 0.05) is 81.0 Å². The number of hydrogen-bond acceptors (Lipinski definition) is 11. The number of β-amino-alcohol motifs (C(OH)–C–C–N with tert-alkyl or cyclic N) is 1. The number of phenolic OH excluding ortho intramolecular Hbond substituents is 1. The molecule has 7 rings (SSSR count). The second-order valence-electron chi connectivity index (χ2n) is 19.4. The van der Waals surface area contributed by atoms with E-state index in [4.69, 9.17) is 9.47 Å². The highest BCUT2D eigenvalue weighted by Gasteiger charge is 2.40. The number of aromatic nitrogens is 2. The van der Waals surface area contributed by atoms with E-state index in [9.17, 15) is 29.4 Å². The average Bonchev–Trinajstić information content (AvgIpc) is 3.85. The standard InChI is InChI=1S/C50H67N7O8/c1-9-56-43-13-12-33-23-38(43)39(45(56)40-25-51-16-14-35(40)28-64-8)24-50(5,6)29-65-49(63)41-11-10-17-57(53-41)48(62)42(21-32-19-36(33)22-37(59)20-32)52-46(60)44(30(2)3)54(7)47(61)34-15-18-55(27-34)26-31(4)58/h12-14,16,19-20,22-23,25,30-31,34,41-42,44,53,58-59H,9-11,15,17-18,21,24,26-29H2,1-8H3,(H,52,60)/t31-,34-,41+,42+,44+/m1/s1. The Balaban J connectivity index is 1.29. The summed E-state index contributed by atoms with van der Waals surface area (Å²) in [4.78, 5) is 65.2. The lowest BCUT2D eigenvalue weighted by atomic mass is 9.84. The zero-order valence-electron chi connectivity index (χ0n) is 39.2. The van der Waals surface area contributed by atoms with Crippen molar-refractivity contribution in [3.63, 3.8) is 0 Å². The fourth-order valence-corrected chi connectivity index (χ4v) is 10.1. The molecule has 0 spiro atoms. The van der Waals surface area contributed by atoms with E-state index in [1.54, 1.807) is 39.4 Å². The lowest BCUT2D eigenvalue weighted by Crippen LogP contribution is -2.62. The SMILES string of the molecule is CCn1c(-c2cnccc2COC)c2c3cc(ccc31)-c1cc(O)cc(c1)C[C@H](NC(=O)[C@H](C(C)C)N(C)C(=O)[C@@H]1CCN(C[C@@H](C)O)C1)C(=O)N1CCC[C@H](N1)C(=O)OCC(C)(C)C2. The Hall–Kier alpha value is -5.35. The first-order valence-electron chi connectivity index (χ1n) is 23.1. The number of phenols is 1. The number of carbonyl (C=O) groups is 4. The zero-order chi connectivity index (χ0) is 46.7. The van der Waals surface area contributed by atoms with E-state index in [1.165, 1.54) is 9.91 Å². The molecule has 5 heterocycles. The van der Waals surface area contributed by atoms with Crippen LogP contribution in [0.4, 0.5) is 0 Å². The number of hydrogen-bond donors (Lipinski definition) is 4. The van der Waals surface area contributed by atoms with Crippen LogP contribution in [-0.4, -0.2) is 129 Å². The second-order valence-corrected chi connectivity index (χ2v) is 19.4. The molecule has 2 aromatic heterocycles. The van der Waals surface area contributed by atoms with Crippen molar-refractivity contribution in [3.05, 3.63) is 71.5 Å². The Labute approximate surface area is 382 Å². The number of benzene rings is 2. The van der Waals surface area contributed by atoms with Crippen LogP contribution in [-0.2, 0) is 54.6 Å². The minimum absolute atomic E-state index is 0.00256. The summed E-state index contributed by atoms with van der Waals surface area (Å²) in [6.45, 7) is 14.8. The van der Waals surface area contributed by atoms with Gasteiger partial charge in [-0.1, -0.05) is 39.8 Å². The fraction of sp³-hybridized carbons (Fsp3) is 0.540. The molecule has 4 N–H and O–H groups in total. The van der Waals surface area contributed by atoms with Gasteiger partial charge in [0.25, 0.3) is 5.91 Å². The molecule has 350 valence electrons. The molecule has 2 saturated heterocycles. The van der Waals surface area contributed by atoms with Crippen LogP contribution in [0, 0.1) is 17.3 Å². The van der Waals surface area contributed by atoms with Crippen LogP contribution in [0.15, 0.2) is 54.9 Å². The first kappa shape index (κ1) is 47.6. The van der Waals surface area contributed by atoms with Gasteiger partial charge in [-0.3, -0.25) is 34.1 Å². The number of nitrogens with one attached hydrogen (secondary N) is 2. The topological polar surface area (TPSA) is 179 Å². The van der Waals surface area contributed by atoms with Crippen LogP contribution >= 0.6 is 0 Å². The Morgan fingerprint density at radius 1 is 1.08 bits per heavy atom. The van der Waals surface area contributed by atoms with Gasteiger partial charge in [0.2, 0.25) is 11.8 Å². The summed E-state index contributed by atoms with van der Waals surface area (Å²) in [6, 6.07) is 10.6. The first-order chi connectivity index (χ1) is 31.0. The number of aliphatic hydroxyl groups is 1. The number of esters is 1. The number of aryl methyl sites for hydroxylation is 1. The maximum Gasteiger partial charge on any atom is 0.324 e. The van der Waals surface area contributed by atoms with Crippen LogP contribution in [0.1, 0.15) is 77.5 Å². The number of amides is 3. The monoisotopic (exact) mass is 894 g/mol. The third kappa shape index (κ3) is 10.5. The number of rotatable bonds is 11. The Kier molecular flexibility index (Phi) is 14.7. The lowest BCUT2D eigenvalue weighted by Gasteiger charge is -2.37. The molecule has 6 bridgehead atoms. The summed E-state index contributed by atoms with van der Waals surface area (Å²) >= 11 is 0. The minimum atomic E-state index is -1.13. The van der Waals surface area contributed by atoms with Crippen molar-refractivity contribution in [1.29, 1.82) is 0 Å². The van der Waals surface area contributed by atoms with Gasteiger partial charge < -0.3 is 34.5 Å². The van der Waals surface area contributed by atoms with Crippen LogP contribution in [0.2, 0.25) is 0 Å². The molecule has 65 heavy (non-hydrogen) atoms. The number of methoxy groups -OCH3 is 1. The van der Waals surface area contributed by atoms with E-state index >= 15 is 0 Å². The van der Waals surface area contributed by atoms with Gasteiger partial charge in [-0.15, -0.1) is 0 Å². The average molecular weight is 894 g/mol. The predicted octanol–water partition coefficient (Wildman–Crippen LogP) is 5.08. The van der Waals surface area contributed by atoms with Crippen LogP contribution in [0.3, 0.4) is 0 Å². The predicted molar refractivity (Wildman–Crippen MR) is 248 cm³/mol. The number of likely N-dealkylation sites (tertiary alicyclic amines) is 1. The van der Waals surface area contributed by atoms with E-state index in [0.717, 1.165) is 44.4 Å². The quantitative estimate of drug-likeness (QED) is 0.148. The summed E-state index contributed by atoms with van der Waals surface area (Å²) < 4.78 is 14.0. The van der Waals surface area contributed by atoms with Crippen molar-refractivity contribution in [1.82, 2.24) is 35.1 Å². The van der Waals surface area contributed by atoms with Crippen molar-refractivity contribution in [2.45, 2.75) is 111 Å². The Bertz CT molecular complexity index is 2390. The smallest absolute Gasteiger partial charge is 0.324 e. The number of hydrazine groups is 1. The van der Waals surface area contributed by atoms with E-state index in [1.807, 2.05) is 38.2 Å². The highest BCUT2D eigenvalue weighted by Crippen LogP contribution is 2.41. The van der Waals surface area contributed by atoms with Gasteiger partial charge in [-0.25, -0.2) is 5.43 Å². The third-order valence-corrected chi connectivity index (χ3v) is 13.1. The molecule has 0 aliphatic carbocycles. The van der Waals surface area contributed by atoms with Crippen molar-refractivity contribution in [2.75, 3.05) is 46.9 Å². The van der Waals surface area contributed by atoms with Crippen LogP contribution < -0.4 is 10.7 Å². The number of likely N-dealkylation sites (N-methyl/N-ethyl adjacent to an activating group) is 1. The summed E-state index contributed by atoms with van der Waals surface area (Å²) in [5, 5.41) is 26.7. The Morgan fingerprint density at radius 3 is 2.58 bits per heavy atom. The van der Waals surface area contributed by atoms with Crippen molar-refractivity contribution in [3.8, 4) is 28.1 Å². The third-order valence-electron chi connectivity index (χ3n) is 13.1. The van der Waals surface area contributed by atoms with E-state index in [0.29, 0.717) is 70.6 Å². The van der Waals surface area contributed by atoms with Gasteiger partial charge in [0.05, 0.1) is 30.9 Å². The molecule has 2 fully saturated rings. The maximum atomic E-state index is 14.7. The molecule has 4 aromatic rings. The normalized spacial score (nSPS) is 21.5. The summed E-state index contributed by atoms with van der Waals surface area (Å²) in [6.07, 6.45) is 5.29. The Morgan fingerprint density at radius 2 is 1.86 bits per heavy atom. The lowest BCUT2D eigenvalue weighted by molar-refractivity contribution is -0.155. The van der Waals surface area contributed by atoms with Crippen LogP contribution in [0.25, 0.3) is 33.3 Å². The highest BCUT2D eigenvalue weighted by atomic mass is 16.5. The number of carbonyl (C=O) groups excluding carboxylic acids is 4. The maximum absolute atomic E-state index is 14.7. The number of ether oxygens (including phenoxy) is 2. The van der Waals surface area contributed by atoms with E-state index in [-0.39, 0.29) is 36.5 Å². The van der Waals surface area contributed by atoms with Gasteiger partial charge in [0.1, 0.15) is 23.9 Å². The molecule has 15 heteroatoms. The molecule has 3 aliphatic rings. The highest BCUT2D eigenvalue weighted by molar-refractivity contribution is 5.96. The summed E-state index contributed by atoms with van der Waals surface area (Å²) in [5.41, 5.74) is 9.83. The van der Waals surface area contributed by atoms with Gasteiger partial charge >= 0.3 is 5.97 Å². The van der Waals surface area contributed by atoms with Crippen molar-refractivity contribution in [2.24, 2.45) is 17.3 Å². The van der Waals surface area contributed by atoms with E-state index < -0.39 is 47.4 Å². The van der Waals surface area contributed by atoms with Gasteiger partial charge in [0.15, 0.2) is 0 Å². The van der Waals surface area contributed by atoms with Crippen LogP contribution in [0.5, 0.6) is 5.75 Å². The number of nitrogens with zero attached hydrogens (tertiary/aromatic N) is 5. The molecule has 0 radical (unpaired) electrons. The molecular formula is C50H67N7O8. The van der Waals surface area contributed by atoms with Crippen molar-refractivity contribution < 1.29 is 38.9 Å². The zero-order valence-corrected chi connectivity index (χ0v) is 39.2. The molecular weight excluding hydrogens is 827 g/mol. The fourth-order valence-electron chi connectivity index (χ4n) is 10.1. The summed E-state index contributed by atoms with van der Waals surface area (Å²) in [7, 11) is 3.31. The number of fused-ring (bicyclic) bond motifs is 6. The van der Waals surface area contributed by atoms with Gasteiger partial charge in [-0.2, -0.15) is 0 Å². The first-order valence-corrected chi connectivity index (χ1v) is 23.1. The molecule has 3 amide bonds. The summed E-state index contributed by atoms with van der Waals surface area (Å²) in [5.74, 6) is -2.20. The molecule has 0 unspecified atom stereocenters. The molecule has 3 aliphatic heterocycles. The number of pyridine rings is 1.